The van der Waals surface area contributed by atoms with Crippen LogP contribution in [0.1, 0.15) is 23.1 Å². The van der Waals surface area contributed by atoms with E-state index in [4.69, 9.17) is 23.7 Å². The molecule has 1 saturated heterocycles. The Morgan fingerprint density at radius 1 is 0.970 bits per heavy atom. The number of hydrogen-bond donors (Lipinski definition) is 2. The van der Waals surface area contributed by atoms with Crippen LogP contribution in [-0.4, -0.2) is 53.7 Å². The number of halogens is 1. The van der Waals surface area contributed by atoms with Crippen LogP contribution in [0.5, 0.6) is 23.0 Å². The van der Waals surface area contributed by atoms with Crippen LogP contribution in [-0.2, 0) is 17.8 Å². The van der Waals surface area contributed by atoms with Crippen molar-refractivity contribution in [1.29, 1.82) is 0 Å². The zero-order valence-electron chi connectivity index (χ0n) is 19.9. The Morgan fingerprint density at radius 2 is 1.67 bits per heavy atom. The fraction of sp³-hybridized carbons (Fsp3) is 0.458. The Morgan fingerprint density at radius 3 is 2.27 bits per heavy atom. The number of guanidine groups is 1. The molecule has 1 unspecified atom stereocenters. The van der Waals surface area contributed by atoms with Crippen LogP contribution >= 0.6 is 24.0 Å². The van der Waals surface area contributed by atoms with Crippen LogP contribution in [0.2, 0.25) is 0 Å². The average molecular weight is 571 g/mol. The largest absolute Gasteiger partial charge is 0.493 e. The second-order valence-electron chi connectivity index (χ2n) is 7.49. The molecule has 2 aromatic carbocycles. The average Bonchev–Trinajstić information content (AvgIpc) is 3.32. The first-order valence-electron chi connectivity index (χ1n) is 10.7. The Labute approximate surface area is 213 Å². The van der Waals surface area contributed by atoms with Crippen molar-refractivity contribution in [2.24, 2.45) is 4.99 Å². The van der Waals surface area contributed by atoms with E-state index >= 15 is 0 Å². The minimum atomic E-state index is 0. The second kappa shape index (κ2) is 13.3. The maximum absolute atomic E-state index is 6.19. The van der Waals surface area contributed by atoms with E-state index in [1.165, 1.54) is 0 Å². The molecule has 33 heavy (non-hydrogen) atoms. The molecule has 1 heterocycles. The van der Waals surface area contributed by atoms with Crippen molar-refractivity contribution in [3.63, 3.8) is 0 Å². The highest BCUT2D eigenvalue weighted by Crippen LogP contribution is 2.39. The van der Waals surface area contributed by atoms with Gasteiger partial charge >= 0.3 is 0 Å². The van der Waals surface area contributed by atoms with E-state index in [1.807, 2.05) is 12.1 Å². The topological polar surface area (TPSA) is 82.6 Å². The van der Waals surface area contributed by atoms with Crippen LogP contribution in [0.3, 0.4) is 0 Å². The third-order valence-corrected chi connectivity index (χ3v) is 5.31. The van der Waals surface area contributed by atoms with Gasteiger partial charge in [0.2, 0.25) is 5.75 Å². The molecular weight excluding hydrogens is 537 g/mol. The quantitative estimate of drug-likeness (QED) is 0.270. The summed E-state index contributed by atoms with van der Waals surface area (Å²) in [7, 11) is 6.55. The number of benzene rings is 2. The number of ether oxygens (including phenoxy) is 5. The highest BCUT2D eigenvalue weighted by atomic mass is 127. The van der Waals surface area contributed by atoms with Gasteiger partial charge in [0.05, 0.1) is 34.5 Å². The summed E-state index contributed by atoms with van der Waals surface area (Å²) in [5.41, 5.74) is 3.15. The van der Waals surface area contributed by atoms with Crippen molar-refractivity contribution in [3.8, 4) is 23.0 Å². The molecule has 9 heteroatoms. The van der Waals surface area contributed by atoms with Crippen LogP contribution in [0.25, 0.3) is 0 Å². The zero-order valence-corrected chi connectivity index (χ0v) is 22.2. The van der Waals surface area contributed by atoms with E-state index in [1.54, 1.807) is 28.4 Å². The lowest BCUT2D eigenvalue weighted by atomic mass is 10.1. The third-order valence-electron chi connectivity index (χ3n) is 5.31. The van der Waals surface area contributed by atoms with Gasteiger partial charge in [-0.15, -0.1) is 24.0 Å². The molecule has 0 radical (unpaired) electrons. The van der Waals surface area contributed by atoms with Crippen LogP contribution in [0.15, 0.2) is 35.3 Å². The molecule has 0 aromatic heterocycles. The Kier molecular flexibility index (Phi) is 10.9. The highest BCUT2D eigenvalue weighted by molar-refractivity contribution is 14.0. The Balaban J connectivity index is 0.00000385. The number of methoxy groups -OCH3 is 3. The van der Waals surface area contributed by atoms with Crippen molar-refractivity contribution in [2.45, 2.75) is 32.5 Å². The molecule has 0 saturated carbocycles. The van der Waals surface area contributed by atoms with Crippen molar-refractivity contribution in [1.82, 2.24) is 10.6 Å². The number of rotatable bonds is 9. The van der Waals surface area contributed by atoms with E-state index in [2.05, 4.69) is 40.7 Å². The van der Waals surface area contributed by atoms with Gasteiger partial charge in [-0.2, -0.15) is 0 Å². The number of nitrogens with zero attached hydrogens (tertiary/aromatic N) is 1. The summed E-state index contributed by atoms with van der Waals surface area (Å²) in [5.74, 6) is 3.36. The molecule has 3 rings (SSSR count). The first-order chi connectivity index (χ1) is 15.6. The van der Waals surface area contributed by atoms with Crippen molar-refractivity contribution in [3.05, 3.63) is 47.0 Å². The Hall–Kier alpha value is -2.40. The van der Waals surface area contributed by atoms with Gasteiger partial charge in [-0.05, 0) is 30.7 Å². The van der Waals surface area contributed by atoms with Crippen LogP contribution in [0.4, 0.5) is 0 Å². The zero-order chi connectivity index (χ0) is 22.9. The van der Waals surface area contributed by atoms with Gasteiger partial charge in [0, 0.05) is 37.7 Å². The summed E-state index contributed by atoms with van der Waals surface area (Å²) in [6, 6.07) is 10.0. The van der Waals surface area contributed by atoms with Gasteiger partial charge in [0.1, 0.15) is 11.9 Å². The van der Waals surface area contributed by atoms with Crippen molar-refractivity contribution >= 4 is 29.9 Å². The summed E-state index contributed by atoms with van der Waals surface area (Å²) in [4.78, 5) is 4.34. The lowest BCUT2D eigenvalue weighted by molar-refractivity contribution is 0.140. The summed E-state index contributed by atoms with van der Waals surface area (Å²) >= 11 is 0. The second-order valence-corrected chi connectivity index (χ2v) is 7.49. The summed E-state index contributed by atoms with van der Waals surface area (Å²) in [5, 5.41) is 6.69. The number of hydrogen-bond acceptors (Lipinski definition) is 6. The molecule has 182 valence electrons. The van der Waals surface area contributed by atoms with Gasteiger partial charge in [0.15, 0.2) is 17.5 Å². The van der Waals surface area contributed by atoms with E-state index in [9.17, 15) is 0 Å². The molecule has 1 aliphatic heterocycles. The highest BCUT2D eigenvalue weighted by Gasteiger charge is 2.19. The molecule has 2 aromatic rings. The van der Waals surface area contributed by atoms with Crippen molar-refractivity contribution in [2.75, 3.05) is 41.6 Å². The van der Waals surface area contributed by atoms with Gasteiger partial charge < -0.3 is 34.3 Å². The molecule has 0 aliphatic carbocycles. The standard InChI is InChI=1S/C24H33N3O5.HI/c1-16-6-7-17(21(12-16)32-19-10-11-31-15-19)13-26-24(25-2)27-14-18-8-9-20(28-3)23(30-5)22(18)29-4;/h6-9,12,19H,10-11,13-15H2,1-5H3,(H2,25,26,27);1H. The molecular formula is C24H34IN3O5. The van der Waals surface area contributed by atoms with Crippen LogP contribution in [0, 0.1) is 6.92 Å². The predicted octanol–water partition coefficient (Wildman–Crippen LogP) is 3.67. The lowest BCUT2D eigenvalue weighted by Crippen LogP contribution is -2.36. The molecule has 1 aliphatic rings. The Bertz CT molecular complexity index is 933. The lowest BCUT2D eigenvalue weighted by Gasteiger charge is -2.19. The molecule has 8 nitrogen and oxygen atoms in total. The summed E-state index contributed by atoms with van der Waals surface area (Å²) < 4.78 is 28.0. The molecule has 1 fully saturated rings. The fourth-order valence-electron chi connectivity index (χ4n) is 3.58. The maximum atomic E-state index is 6.19. The monoisotopic (exact) mass is 571 g/mol. The van der Waals surface area contributed by atoms with Gasteiger partial charge in [0.25, 0.3) is 0 Å². The number of aliphatic imine (C=N–C) groups is 1. The van der Waals surface area contributed by atoms with Gasteiger partial charge in [-0.1, -0.05) is 12.1 Å². The molecule has 0 bridgehead atoms. The number of nitrogens with one attached hydrogen (secondary N) is 2. The van der Waals surface area contributed by atoms with Gasteiger partial charge in [-0.3, -0.25) is 4.99 Å². The minimum absolute atomic E-state index is 0. The SMILES string of the molecule is CN=C(NCc1ccc(C)cc1OC1CCOC1)NCc1ccc(OC)c(OC)c1OC.I. The third kappa shape index (κ3) is 7.04. The fourth-order valence-corrected chi connectivity index (χ4v) is 3.58. The summed E-state index contributed by atoms with van der Waals surface area (Å²) in [6.45, 7) is 4.52. The number of aryl methyl sites for hydroxylation is 1. The molecule has 1 atom stereocenters. The first kappa shape index (κ1) is 26.8. The van der Waals surface area contributed by atoms with E-state index < -0.39 is 0 Å². The van der Waals surface area contributed by atoms with Crippen molar-refractivity contribution < 1.29 is 23.7 Å². The normalized spacial score (nSPS) is 15.4. The molecule has 0 amide bonds. The van der Waals surface area contributed by atoms with E-state index in [-0.39, 0.29) is 30.1 Å². The first-order valence-corrected chi connectivity index (χ1v) is 10.7. The van der Waals surface area contributed by atoms with Gasteiger partial charge in [-0.25, -0.2) is 0 Å². The minimum Gasteiger partial charge on any atom is -0.493 e. The van der Waals surface area contributed by atoms with E-state index in [0.29, 0.717) is 42.9 Å². The maximum Gasteiger partial charge on any atom is 0.203 e. The smallest absolute Gasteiger partial charge is 0.203 e. The van der Waals surface area contributed by atoms with E-state index in [0.717, 1.165) is 35.5 Å². The summed E-state index contributed by atoms with van der Waals surface area (Å²) in [6.07, 6.45) is 1.02. The molecule has 0 spiro atoms. The molecule has 2 N–H and O–H groups in total. The van der Waals surface area contributed by atoms with Crippen LogP contribution < -0.4 is 29.6 Å². The predicted molar refractivity (Wildman–Crippen MR) is 140 cm³/mol.